The quantitative estimate of drug-likeness (QED) is 0.410. The fourth-order valence-electron chi connectivity index (χ4n) is 12.3. The number of piperidine rings is 1. The Hall–Kier alpha value is -2.12. The van der Waals surface area contributed by atoms with Gasteiger partial charge in [-0.25, -0.2) is 4.79 Å². The molecule has 11 nitrogen and oxygen atoms in total. The minimum absolute atomic E-state index is 0.103. The molecule has 5 saturated carbocycles. The van der Waals surface area contributed by atoms with Crippen molar-refractivity contribution in [1.29, 1.82) is 0 Å². The topological polar surface area (TPSA) is 133 Å². The van der Waals surface area contributed by atoms with Gasteiger partial charge in [0.15, 0.2) is 5.60 Å². The molecule has 5 aliphatic carbocycles. The first-order valence-corrected chi connectivity index (χ1v) is 15.7. The molecule has 44 heavy (non-hydrogen) atoms. The van der Waals surface area contributed by atoms with Crippen molar-refractivity contribution in [2.24, 2.45) is 34.5 Å². The van der Waals surface area contributed by atoms with Gasteiger partial charge in [-0.1, -0.05) is 18.2 Å². The third-order valence-electron chi connectivity index (χ3n) is 12.8. The molecule has 1 heterocycles. The number of hydrogen-bond acceptors (Lipinski definition) is 11. The maximum atomic E-state index is 13.7. The highest BCUT2D eigenvalue weighted by Gasteiger charge is 2.91. The maximum absolute atomic E-state index is 13.7. The van der Waals surface area contributed by atoms with Crippen LogP contribution in [0.4, 0.5) is 0 Å². The van der Waals surface area contributed by atoms with Crippen LogP contribution in [0.2, 0.25) is 0 Å². The first-order valence-electron chi connectivity index (χ1n) is 15.7. The lowest BCUT2D eigenvalue weighted by atomic mass is 9.43. The van der Waals surface area contributed by atoms with Crippen LogP contribution in [0.25, 0.3) is 0 Å². The molecule has 11 heteroatoms. The number of aliphatic hydroxyl groups excluding tert-OH is 1. The van der Waals surface area contributed by atoms with Crippen LogP contribution in [0, 0.1) is 34.5 Å². The van der Waals surface area contributed by atoms with E-state index in [1.54, 1.807) is 45.6 Å². The van der Waals surface area contributed by atoms with Crippen molar-refractivity contribution in [2.75, 3.05) is 48.6 Å². The van der Waals surface area contributed by atoms with Crippen LogP contribution in [0.3, 0.4) is 0 Å². The fourth-order valence-corrected chi connectivity index (χ4v) is 12.3. The Bertz CT molecular complexity index is 1310. The number of methoxy groups -OCH3 is 4. The number of ether oxygens (including phenoxy) is 6. The third-order valence-corrected chi connectivity index (χ3v) is 12.8. The summed E-state index contributed by atoms with van der Waals surface area (Å²) in [4.78, 5) is 29.2. The van der Waals surface area contributed by atoms with Gasteiger partial charge in [-0.3, -0.25) is 4.79 Å². The number of esters is 2. The van der Waals surface area contributed by atoms with E-state index in [-0.39, 0.29) is 35.8 Å². The third kappa shape index (κ3) is 3.41. The van der Waals surface area contributed by atoms with Gasteiger partial charge >= 0.3 is 11.9 Å². The fraction of sp³-hybridized carbons (Fsp3) is 0.758. The molecular formula is C33H45NO10. The smallest absolute Gasteiger partial charge is 0.338 e. The number of carbonyl (C=O) groups is 2. The Morgan fingerprint density at radius 2 is 1.75 bits per heavy atom. The molecule has 0 amide bonds. The standard InChI is InChI=1S/C33H45NO10/c1-17(35)44-33-21-19(14-31(38,28(42-6)26(33)36)27(21)43-29(37)18-10-8-7-9-11-18)32-20(40-4)12-13-30(16-39-3)15-34(2)25(32)22(33)23(41-5)24(30)32/h7-11,19-28,36,38H,12-16H2,1-6H3/t19-,20+,21+,22-,23+,24+,25-,26+,27-,28+,30+,31-,32-,33-/m1/s1. The van der Waals surface area contributed by atoms with E-state index in [1.807, 2.05) is 6.07 Å². The second-order valence-electron chi connectivity index (χ2n) is 14.2. The molecule has 14 atom stereocenters. The van der Waals surface area contributed by atoms with E-state index in [1.165, 1.54) is 14.0 Å². The van der Waals surface area contributed by atoms with Crippen molar-refractivity contribution in [3.63, 3.8) is 0 Å². The zero-order chi connectivity index (χ0) is 31.4. The van der Waals surface area contributed by atoms with Gasteiger partial charge in [0.2, 0.25) is 0 Å². The normalized spacial score (nSPS) is 49.9. The Morgan fingerprint density at radius 3 is 2.36 bits per heavy atom. The monoisotopic (exact) mass is 615 g/mol. The summed E-state index contributed by atoms with van der Waals surface area (Å²) >= 11 is 0. The predicted octanol–water partition coefficient (Wildman–Crippen LogP) is 1.29. The van der Waals surface area contributed by atoms with Crippen molar-refractivity contribution in [3.8, 4) is 0 Å². The molecule has 1 spiro atoms. The van der Waals surface area contributed by atoms with E-state index in [0.717, 1.165) is 19.4 Å². The second kappa shape index (κ2) is 10.2. The van der Waals surface area contributed by atoms with E-state index in [0.29, 0.717) is 12.2 Å². The highest BCUT2D eigenvalue weighted by Crippen LogP contribution is 2.80. The molecule has 6 fully saturated rings. The SMILES string of the molecule is COC[C@@]12CC[C@H](OC)[C@]34[C@@H]5C[C@@]6(O)[C@H](OC(=O)c7ccccc7)[C@H]5[C@@](OC(C)=O)([C@H]([C@H](OC)[C@@H]13)[C@H]4N(C)C2)[C@@H](O)[C@@H]6OC. The molecule has 0 radical (unpaired) electrons. The van der Waals surface area contributed by atoms with Crippen LogP contribution >= 0.6 is 0 Å². The molecule has 1 aromatic carbocycles. The Labute approximate surface area is 258 Å². The number of benzene rings is 1. The average molecular weight is 616 g/mol. The van der Waals surface area contributed by atoms with Crippen molar-refractivity contribution in [2.45, 2.75) is 73.9 Å². The first-order chi connectivity index (χ1) is 21.0. The number of nitrogens with zero attached hydrogens (tertiary/aromatic N) is 1. The maximum Gasteiger partial charge on any atom is 0.338 e. The number of aliphatic hydroxyl groups is 2. The highest BCUT2D eigenvalue weighted by molar-refractivity contribution is 5.89. The first kappa shape index (κ1) is 30.5. The van der Waals surface area contributed by atoms with Crippen LogP contribution in [0.1, 0.15) is 36.5 Å². The van der Waals surface area contributed by atoms with Gasteiger partial charge in [-0.05, 0) is 44.4 Å². The van der Waals surface area contributed by atoms with Gasteiger partial charge in [0, 0.05) is 76.5 Å². The lowest BCUT2D eigenvalue weighted by Gasteiger charge is -2.69. The van der Waals surface area contributed by atoms with Gasteiger partial charge in [0.25, 0.3) is 0 Å². The van der Waals surface area contributed by atoms with E-state index >= 15 is 0 Å². The summed E-state index contributed by atoms with van der Waals surface area (Å²) in [6, 6.07) is 8.39. The molecular weight excluding hydrogens is 570 g/mol. The Morgan fingerprint density at radius 1 is 1.02 bits per heavy atom. The van der Waals surface area contributed by atoms with E-state index in [9.17, 15) is 19.8 Å². The van der Waals surface area contributed by atoms with E-state index in [4.69, 9.17) is 28.4 Å². The van der Waals surface area contributed by atoms with Crippen molar-refractivity contribution in [1.82, 2.24) is 4.90 Å². The number of carbonyl (C=O) groups excluding carboxylic acids is 2. The molecule has 0 aromatic heterocycles. The van der Waals surface area contributed by atoms with Crippen LogP contribution in [0.5, 0.6) is 0 Å². The summed E-state index contributed by atoms with van der Waals surface area (Å²) in [6.07, 6.45) is -2.66. The molecule has 1 aromatic rings. The van der Waals surface area contributed by atoms with Crippen LogP contribution in [-0.4, -0.2) is 123 Å². The zero-order valence-electron chi connectivity index (χ0n) is 26.3. The molecule has 7 rings (SSSR count). The summed E-state index contributed by atoms with van der Waals surface area (Å²) in [5, 5.41) is 25.1. The largest absolute Gasteiger partial charge is 0.455 e. The summed E-state index contributed by atoms with van der Waals surface area (Å²) in [5.41, 5.74) is -3.93. The van der Waals surface area contributed by atoms with Crippen LogP contribution in [-0.2, 0) is 33.2 Å². The number of hydrogen-bond donors (Lipinski definition) is 2. The molecule has 242 valence electrons. The number of likely N-dealkylation sites (tertiary alicyclic amines) is 1. The summed E-state index contributed by atoms with van der Waals surface area (Å²) in [7, 11) is 8.63. The zero-order valence-corrected chi connectivity index (χ0v) is 26.3. The van der Waals surface area contributed by atoms with Gasteiger partial charge < -0.3 is 43.5 Å². The number of rotatable bonds is 8. The molecule has 6 aliphatic rings. The molecule has 0 unspecified atom stereocenters. The van der Waals surface area contributed by atoms with Crippen molar-refractivity contribution >= 4 is 11.9 Å². The van der Waals surface area contributed by atoms with Crippen molar-refractivity contribution in [3.05, 3.63) is 35.9 Å². The lowest BCUT2D eigenvalue weighted by molar-refractivity contribution is -0.316. The minimum Gasteiger partial charge on any atom is -0.455 e. The predicted molar refractivity (Wildman–Crippen MR) is 154 cm³/mol. The Balaban J connectivity index is 1.51. The van der Waals surface area contributed by atoms with Gasteiger partial charge in [-0.2, -0.15) is 0 Å². The highest BCUT2D eigenvalue weighted by atomic mass is 16.6. The summed E-state index contributed by atoms with van der Waals surface area (Å²) in [5.74, 6) is -2.96. The average Bonchev–Trinajstić information content (AvgIpc) is 3.39. The lowest BCUT2D eigenvalue weighted by Crippen LogP contribution is -2.80. The van der Waals surface area contributed by atoms with E-state index < -0.39 is 64.8 Å². The molecule has 2 N–H and O–H groups in total. The van der Waals surface area contributed by atoms with Crippen LogP contribution in [0.15, 0.2) is 30.3 Å². The summed E-state index contributed by atoms with van der Waals surface area (Å²) < 4.78 is 37.5. The Kier molecular flexibility index (Phi) is 7.07. The molecule has 1 aliphatic heterocycles. The van der Waals surface area contributed by atoms with Crippen LogP contribution < -0.4 is 0 Å². The second-order valence-corrected chi connectivity index (χ2v) is 14.2. The van der Waals surface area contributed by atoms with Gasteiger partial charge in [0.1, 0.15) is 23.9 Å². The molecule has 7 bridgehead atoms. The van der Waals surface area contributed by atoms with Gasteiger partial charge in [0.05, 0.1) is 24.4 Å². The van der Waals surface area contributed by atoms with Gasteiger partial charge in [-0.15, -0.1) is 0 Å². The van der Waals surface area contributed by atoms with Crippen molar-refractivity contribution < 1.29 is 48.2 Å². The minimum atomic E-state index is -1.76. The number of fused-ring (bicyclic) bond motifs is 2. The van der Waals surface area contributed by atoms with E-state index in [2.05, 4.69) is 11.9 Å². The molecule has 1 saturated heterocycles. The summed E-state index contributed by atoms with van der Waals surface area (Å²) in [6.45, 7) is 2.56.